The van der Waals surface area contributed by atoms with Gasteiger partial charge in [-0.05, 0) is 61.4 Å². The van der Waals surface area contributed by atoms with E-state index in [9.17, 15) is 14.9 Å². The third-order valence-electron chi connectivity index (χ3n) is 4.19. The van der Waals surface area contributed by atoms with Crippen molar-refractivity contribution in [2.24, 2.45) is 4.99 Å². The van der Waals surface area contributed by atoms with Gasteiger partial charge in [0, 0.05) is 11.3 Å². The normalized spacial score (nSPS) is 15.5. The molecule has 8 heteroatoms. The largest absolute Gasteiger partial charge is 0.450 e. The fraction of sp³-hybridized carbons (Fsp3) is 0.150. The van der Waals surface area contributed by atoms with E-state index in [2.05, 4.69) is 4.99 Å². The lowest BCUT2D eigenvalue weighted by atomic mass is 10.1. The summed E-state index contributed by atoms with van der Waals surface area (Å²) in [6.07, 6.45) is 2.37. The molecule has 0 spiro atoms. The van der Waals surface area contributed by atoms with Gasteiger partial charge in [0.05, 0.1) is 22.8 Å². The third-order valence-corrected chi connectivity index (χ3v) is 4.19. The molecule has 0 N–H and O–H groups in total. The molecule has 1 unspecified atom stereocenters. The maximum atomic E-state index is 11.2. The number of carbonyl (C=O) groups excluding carboxylic acids is 1. The molecule has 0 aliphatic carbocycles. The van der Waals surface area contributed by atoms with E-state index in [1.54, 1.807) is 36.4 Å². The SMILES string of the molecule is Cc1cc(C=O)cc(C)c1OC1N=CC([N+](=O)[O-])=CN1c1ccc(C#N)cc1. The molecule has 2 aromatic rings. The molecule has 1 heterocycles. The van der Waals surface area contributed by atoms with Gasteiger partial charge in [0.15, 0.2) is 0 Å². The van der Waals surface area contributed by atoms with Crippen molar-refractivity contribution < 1.29 is 14.5 Å². The van der Waals surface area contributed by atoms with Crippen molar-refractivity contribution in [1.29, 1.82) is 5.26 Å². The molecule has 140 valence electrons. The van der Waals surface area contributed by atoms with Crippen LogP contribution < -0.4 is 9.64 Å². The monoisotopic (exact) mass is 376 g/mol. The zero-order valence-corrected chi connectivity index (χ0v) is 15.2. The number of aldehydes is 1. The Morgan fingerprint density at radius 2 is 1.89 bits per heavy atom. The van der Waals surface area contributed by atoms with E-state index in [4.69, 9.17) is 10.00 Å². The third kappa shape index (κ3) is 3.73. The van der Waals surface area contributed by atoms with Crippen LogP contribution in [0.4, 0.5) is 5.69 Å². The van der Waals surface area contributed by atoms with Gasteiger partial charge in [-0.2, -0.15) is 5.26 Å². The first kappa shape index (κ1) is 18.8. The predicted octanol–water partition coefficient (Wildman–Crippen LogP) is 3.36. The van der Waals surface area contributed by atoms with E-state index in [1.807, 2.05) is 19.9 Å². The molecule has 0 bridgehead atoms. The summed E-state index contributed by atoms with van der Waals surface area (Å²) in [5.41, 5.74) is 2.90. The van der Waals surface area contributed by atoms with Gasteiger partial charge in [-0.1, -0.05) is 0 Å². The summed E-state index contributed by atoms with van der Waals surface area (Å²) in [6, 6.07) is 12.0. The van der Waals surface area contributed by atoms with Gasteiger partial charge in [-0.25, -0.2) is 4.99 Å². The lowest BCUT2D eigenvalue weighted by molar-refractivity contribution is -0.414. The first-order valence-electron chi connectivity index (χ1n) is 8.34. The molecule has 0 saturated heterocycles. The molecule has 28 heavy (non-hydrogen) atoms. The number of aryl methyl sites for hydroxylation is 2. The number of hydrogen-bond acceptors (Lipinski definition) is 7. The number of nitriles is 1. The van der Waals surface area contributed by atoms with Gasteiger partial charge in [0.2, 0.25) is 0 Å². The highest BCUT2D eigenvalue weighted by atomic mass is 16.6. The molecule has 0 fully saturated rings. The first-order valence-corrected chi connectivity index (χ1v) is 8.34. The number of carbonyl (C=O) groups is 1. The number of nitrogens with zero attached hydrogens (tertiary/aromatic N) is 4. The van der Waals surface area contributed by atoms with Crippen molar-refractivity contribution in [2.75, 3.05) is 4.90 Å². The average Bonchev–Trinajstić information content (AvgIpc) is 2.70. The average molecular weight is 376 g/mol. The lowest BCUT2D eigenvalue weighted by Crippen LogP contribution is -2.38. The first-order chi connectivity index (χ1) is 13.4. The summed E-state index contributed by atoms with van der Waals surface area (Å²) in [5.74, 6) is 0.546. The van der Waals surface area contributed by atoms with Gasteiger partial charge in [-0.15, -0.1) is 0 Å². The van der Waals surface area contributed by atoms with Gasteiger partial charge < -0.3 is 4.74 Å². The molecule has 1 aliphatic heterocycles. The highest BCUT2D eigenvalue weighted by Crippen LogP contribution is 2.29. The van der Waals surface area contributed by atoms with Crippen molar-refractivity contribution in [3.05, 3.63) is 80.7 Å². The van der Waals surface area contributed by atoms with Gasteiger partial charge in [0.1, 0.15) is 18.3 Å². The Morgan fingerprint density at radius 1 is 1.25 bits per heavy atom. The van der Waals surface area contributed by atoms with Crippen LogP contribution in [0, 0.1) is 35.3 Å². The Bertz CT molecular complexity index is 1010. The minimum absolute atomic E-state index is 0.186. The number of nitro groups is 1. The van der Waals surface area contributed by atoms with E-state index in [1.165, 1.54) is 11.1 Å². The second-order valence-corrected chi connectivity index (χ2v) is 6.20. The Morgan fingerprint density at radius 3 is 2.43 bits per heavy atom. The summed E-state index contributed by atoms with van der Waals surface area (Å²) >= 11 is 0. The van der Waals surface area contributed by atoms with Gasteiger partial charge in [0.25, 0.3) is 6.35 Å². The maximum Gasteiger partial charge on any atom is 0.303 e. The molecule has 8 nitrogen and oxygen atoms in total. The van der Waals surface area contributed by atoms with E-state index in [0.717, 1.165) is 23.6 Å². The fourth-order valence-corrected chi connectivity index (χ4v) is 2.89. The topological polar surface area (TPSA) is 109 Å². The second kappa shape index (κ2) is 7.72. The number of allylic oxidation sites excluding steroid dienone is 1. The minimum atomic E-state index is -0.879. The molecule has 0 aromatic heterocycles. The highest BCUT2D eigenvalue weighted by Gasteiger charge is 2.27. The number of ether oxygens (including phenoxy) is 1. The van der Waals surface area contributed by atoms with Crippen LogP contribution in [0.5, 0.6) is 5.75 Å². The van der Waals surface area contributed by atoms with Gasteiger partial charge in [-0.3, -0.25) is 19.8 Å². The smallest absolute Gasteiger partial charge is 0.303 e. The maximum absolute atomic E-state index is 11.2. The zero-order valence-electron chi connectivity index (χ0n) is 15.2. The summed E-state index contributed by atoms with van der Waals surface area (Å²) in [6.45, 7) is 3.62. The van der Waals surface area contributed by atoms with Crippen LogP contribution in [0.25, 0.3) is 0 Å². The van der Waals surface area contributed by atoms with Crippen LogP contribution in [0.3, 0.4) is 0 Å². The highest BCUT2D eigenvalue weighted by molar-refractivity contribution is 5.79. The van der Waals surface area contributed by atoms with Crippen LogP contribution in [-0.2, 0) is 0 Å². The van der Waals surface area contributed by atoms with Crippen LogP contribution >= 0.6 is 0 Å². The molecule has 0 radical (unpaired) electrons. The minimum Gasteiger partial charge on any atom is -0.450 e. The molecule has 2 aromatic carbocycles. The lowest BCUT2D eigenvalue weighted by Gasteiger charge is -2.30. The number of hydrogen-bond donors (Lipinski definition) is 0. The molecule has 0 saturated carbocycles. The van der Waals surface area contributed by atoms with Crippen molar-refractivity contribution in [3.8, 4) is 11.8 Å². The Kier molecular flexibility index (Phi) is 5.18. The summed E-state index contributed by atoms with van der Waals surface area (Å²) < 4.78 is 6.05. The molecular formula is C20H16N4O4. The summed E-state index contributed by atoms with van der Waals surface area (Å²) in [5, 5.41) is 20.1. The Balaban J connectivity index is 1.99. The predicted molar refractivity (Wildman–Crippen MR) is 103 cm³/mol. The summed E-state index contributed by atoms with van der Waals surface area (Å²) in [4.78, 5) is 27.4. The number of aliphatic imine (C=N–C) groups is 1. The van der Waals surface area contributed by atoms with Crippen LogP contribution in [0.15, 0.2) is 53.3 Å². The quantitative estimate of drug-likeness (QED) is 0.450. The molecular weight excluding hydrogens is 360 g/mol. The summed E-state index contributed by atoms with van der Waals surface area (Å²) in [7, 11) is 0. The van der Waals surface area contributed by atoms with E-state index >= 15 is 0 Å². The van der Waals surface area contributed by atoms with E-state index < -0.39 is 11.3 Å². The Labute approximate surface area is 161 Å². The van der Waals surface area contributed by atoms with E-state index in [-0.39, 0.29) is 5.70 Å². The van der Waals surface area contributed by atoms with Crippen molar-refractivity contribution >= 4 is 18.2 Å². The van der Waals surface area contributed by atoms with Crippen molar-refractivity contribution in [1.82, 2.24) is 0 Å². The van der Waals surface area contributed by atoms with Gasteiger partial charge >= 0.3 is 5.70 Å². The second-order valence-electron chi connectivity index (χ2n) is 6.20. The number of benzene rings is 2. The molecule has 1 aliphatic rings. The fourth-order valence-electron chi connectivity index (χ4n) is 2.89. The van der Waals surface area contributed by atoms with Crippen molar-refractivity contribution in [3.63, 3.8) is 0 Å². The molecule has 0 amide bonds. The van der Waals surface area contributed by atoms with Crippen LogP contribution in [0.2, 0.25) is 0 Å². The molecule has 3 rings (SSSR count). The number of rotatable bonds is 5. The van der Waals surface area contributed by atoms with Crippen LogP contribution in [0.1, 0.15) is 27.0 Å². The van der Waals surface area contributed by atoms with Crippen LogP contribution in [-0.4, -0.2) is 23.8 Å². The van der Waals surface area contributed by atoms with E-state index in [0.29, 0.717) is 22.6 Å². The standard InChI is InChI=1S/C20H16N4O4/c1-13-7-16(12-25)8-14(2)19(13)28-20-22-10-18(24(26)27)11-23(20)17-5-3-15(9-21)4-6-17/h3-8,10-12,20H,1-2H3. The molecule has 1 atom stereocenters. The number of anilines is 1. The Hall–Kier alpha value is -3.99. The zero-order chi connectivity index (χ0) is 20.3. The van der Waals surface area contributed by atoms with Crippen molar-refractivity contribution in [2.45, 2.75) is 20.2 Å².